The van der Waals surface area contributed by atoms with Crippen LogP contribution in [-0.4, -0.2) is 56.3 Å². The second-order valence-electron chi connectivity index (χ2n) is 6.63. The van der Waals surface area contributed by atoms with Crippen LogP contribution in [0.2, 0.25) is 0 Å². The molecule has 0 unspecified atom stereocenters. The average molecular weight is 305 g/mol. The normalized spacial score (nSPS) is 16.5. The van der Waals surface area contributed by atoms with E-state index in [1.54, 1.807) is 7.11 Å². The molecule has 0 amide bonds. The monoisotopic (exact) mass is 305 g/mol. The Morgan fingerprint density at radius 1 is 1.18 bits per heavy atom. The number of pyridine rings is 1. The number of ether oxygens (including phenoxy) is 1. The minimum atomic E-state index is 0.797. The zero-order valence-electron chi connectivity index (χ0n) is 14.4. The molecule has 1 aliphatic rings. The van der Waals surface area contributed by atoms with E-state index in [4.69, 9.17) is 4.74 Å². The van der Waals surface area contributed by atoms with Crippen LogP contribution in [0.1, 0.15) is 32.3 Å². The van der Waals surface area contributed by atoms with Crippen molar-refractivity contribution >= 4 is 5.82 Å². The fourth-order valence-corrected chi connectivity index (χ4v) is 2.81. The third-order valence-electron chi connectivity index (χ3n) is 4.34. The number of piperazine rings is 1. The molecule has 2 rings (SSSR count). The number of methoxy groups -OCH3 is 1. The molecule has 1 aromatic heterocycles. The van der Waals surface area contributed by atoms with Gasteiger partial charge in [0.15, 0.2) is 0 Å². The van der Waals surface area contributed by atoms with E-state index in [1.807, 2.05) is 6.20 Å². The number of hydrogen-bond acceptors (Lipinski definition) is 4. The summed E-state index contributed by atoms with van der Waals surface area (Å²) in [7, 11) is 1.75. The summed E-state index contributed by atoms with van der Waals surface area (Å²) < 4.78 is 5.09. The van der Waals surface area contributed by atoms with Crippen LogP contribution in [0.3, 0.4) is 0 Å². The lowest BCUT2D eigenvalue weighted by atomic mass is 10.1. The summed E-state index contributed by atoms with van der Waals surface area (Å²) in [6, 6.07) is 4.38. The van der Waals surface area contributed by atoms with Crippen molar-refractivity contribution in [1.29, 1.82) is 0 Å². The molecule has 22 heavy (non-hydrogen) atoms. The van der Waals surface area contributed by atoms with E-state index >= 15 is 0 Å². The van der Waals surface area contributed by atoms with Gasteiger partial charge in [-0.25, -0.2) is 4.98 Å². The SMILES string of the molecule is COCCCc1ccc(N2CCN(CCC(C)C)CC2)nc1. The van der Waals surface area contributed by atoms with Crippen LogP contribution >= 0.6 is 0 Å². The molecule has 1 aromatic rings. The van der Waals surface area contributed by atoms with Crippen LogP contribution in [0.4, 0.5) is 5.82 Å². The maximum atomic E-state index is 5.09. The molecule has 0 aliphatic carbocycles. The summed E-state index contributed by atoms with van der Waals surface area (Å²) in [5.74, 6) is 1.92. The molecule has 4 nitrogen and oxygen atoms in total. The van der Waals surface area contributed by atoms with E-state index in [0.717, 1.165) is 57.4 Å². The fraction of sp³-hybridized carbons (Fsp3) is 0.722. The van der Waals surface area contributed by atoms with Gasteiger partial charge in [-0.3, -0.25) is 4.90 Å². The topological polar surface area (TPSA) is 28.6 Å². The molecule has 0 atom stereocenters. The lowest BCUT2D eigenvalue weighted by Crippen LogP contribution is -2.47. The molecule has 0 N–H and O–H groups in total. The number of anilines is 1. The predicted molar refractivity (Wildman–Crippen MR) is 92.5 cm³/mol. The number of nitrogens with zero attached hydrogens (tertiary/aromatic N) is 3. The molecule has 124 valence electrons. The maximum Gasteiger partial charge on any atom is 0.128 e. The molecule has 0 radical (unpaired) electrons. The highest BCUT2D eigenvalue weighted by Gasteiger charge is 2.17. The highest BCUT2D eigenvalue weighted by molar-refractivity contribution is 5.39. The Bertz CT molecular complexity index is 411. The van der Waals surface area contributed by atoms with E-state index in [1.165, 1.54) is 18.5 Å². The highest BCUT2D eigenvalue weighted by atomic mass is 16.5. The van der Waals surface area contributed by atoms with Crippen LogP contribution in [0, 0.1) is 5.92 Å². The quantitative estimate of drug-likeness (QED) is 0.691. The van der Waals surface area contributed by atoms with E-state index in [0.29, 0.717) is 0 Å². The van der Waals surface area contributed by atoms with Gasteiger partial charge < -0.3 is 9.64 Å². The van der Waals surface area contributed by atoms with E-state index < -0.39 is 0 Å². The van der Waals surface area contributed by atoms with Gasteiger partial charge in [0, 0.05) is 46.1 Å². The first-order chi connectivity index (χ1) is 10.7. The first-order valence-corrected chi connectivity index (χ1v) is 8.60. The largest absolute Gasteiger partial charge is 0.385 e. The first kappa shape index (κ1) is 17.2. The van der Waals surface area contributed by atoms with Gasteiger partial charge in [-0.15, -0.1) is 0 Å². The van der Waals surface area contributed by atoms with Crippen molar-refractivity contribution in [2.45, 2.75) is 33.1 Å². The van der Waals surface area contributed by atoms with Gasteiger partial charge in [0.2, 0.25) is 0 Å². The van der Waals surface area contributed by atoms with Crippen molar-refractivity contribution in [3.63, 3.8) is 0 Å². The fourth-order valence-electron chi connectivity index (χ4n) is 2.81. The van der Waals surface area contributed by atoms with Gasteiger partial charge in [-0.05, 0) is 43.4 Å². The summed E-state index contributed by atoms with van der Waals surface area (Å²) >= 11 is 0. The van der Waals surface area contributed by atoms with Gasteiger partial charge in [-0.2, -0.15) is 0 Å². The van der Waals surface area contributed by atoms with Crippen LogP contribution in [0.5, 0.6) is 0 Å². The summed E-state index contributed by atoms with van der Waals surface area (Å²) in [6.07, 6.45) is 5.43. The van der Waals surface area contributed by atoms with Crippen molar-refractivity contribution in [2.75, 3.05) is 51.3 Å². The molecule has 0 bridgehead atoms. The molecular formula is C18H31N3O. The summed E-state index contributed by atoms with van der Waals surface area (Å²) in [6.45, 7) is 11.1. The summed E-state index contributed by atoms with van der Waals surface area (Å²) in [5, 5.41) is 0. The lowest BCUT2D eigenvalue weighted by molar-refractivity contribution is 0.195. The maximum absolute atomic E-state index is 5.09. The smallest absolute Gasteiger partial charge is 0.128 e. The van der Waals surface area contributed by atoms with E-state index in [2.05, 4.69) is 40.8 Å². The Morgan fingerprint density at radius 3 is 2.55 bits per heavy atom. The Labute approximate surface area is 135 Å². The zero-order valence-corrected chi connectivity index (χ0v) is 14.4. The second-order valence-corrected chi connectivity index (χ2v) is 6.63. The zero-order chi connectivity index (χ0) is 15.8. The minimum absolute atomic E-state index is 0.797. The number of aromatic nitrogens is 1. The first-order valence-electron chi connectivity index (χ1n) is 8.60. The molecule has 2 heterocycles. The second kappa shape index (κ2) is 9.11. The molecule has 1 saturated heterocycles. The number of rotatable bonds is 8. The Hall–Kier alpha value is -1.13. The average Bonchev–Trinajstić information content (AvgIpc) is 2.54. The number of aryl methyl sites for hydroxylation is 1. The Kier molecular flexibility index (Phi) is 7.13. The van der Waals surface area contributed by atoms with Crippen molar-refractivity contribution in [2.24, 2.45) is 5.92 Å². The van der Waals surface area contributed by atoms with Crippen LogP contribution < -0.4 is 4.90 Å². The number of hydrogen-bond donors (Lipinski definition) is 0. The molecule has 0 saturated carbocycles. The summed E-state index contributed by atoms with van der Waals surface area (Å²) in [4.78, 5) is 9.63. The molecule has 0 spiro atoms. The van der Waals surface area contributed by atoms with E-state index in [9.17, 15) is 0 Å². The standard InChI is InChI=1S/C18H31N3O/c1-16(2)8-9-20-10-12-21(13-11-20)18-7-6-17(15-19-18)5-4-14-22-3/h6-7,15-16H,4-5,8-14H2,1-3H3. The van der Waals surface area contributed by atoms with Gasteiger partial charge in [-0.1, -0.05) is 19.9 Å². The third-order valence-corrected chi connectivity index (χ3v) is 4.34. The Balaban J connectivity index is 1.76. The van der Waals surface area contributed by atoms with Gasteiger partial charge in [0.05, 0.1) is 0 Å². The van der Waals surface area contributed by atoms with Crippen molar-refractivity contribution in [3.8, 4) is 0 Å². The van der Waals surface area contributed by atoms with Crippen LogP contribution in [0.15, 0.2) is 18.3 Å². The van der Waals surface area contributed by atoms with E-state index in [-0.39, 0.29) is 0 Å². The minimum Gasteiger partial charge on any atom is -0.385 e. The molecule has 1 fully saturated rings. The summed E-state index contributed by atoms with van der Waals surface area (Å²) in [5.41, 5.74) is 1.30. The highest BCUT2D eigenvalue weighted by Crippen LogP contribution is 2.15. The van der Waals surface area contributed by atoms with Crippen molar-refractivity contribution in [1.82, 2.24) is 9.88 Å². The van der Waals surface area contributed by atoms with Crippen molar-refractivity contribution in [3.05, 3.63) is 23.9 Å². The van der Waals surface area contributed by atoms with Gasteiger partial charge >= 0.3 is 0 Å². The predicted octanol–water partition coefficient (Wildman–Crippen LogP) is 2.83. The van der Waals surface area contributed by atoms with Crippen LogP contribution in [0.25, 0.3) is 0 Å². The molecular weight excluding hydrogens is 274 g/mol. The van der Waals surface area contributed by atoms with Crippen molar-refractivity contribution < 1.29 is 4.74 Å². The van der Waals surface area contributed by atoms with Gasteiger partial charge in [0.25, 0.3) is 0 Å². The van der Waals surface area contributed by atoms with Gasteiger partial charge in [0.1, 0.15) is 5.82 Å². The molecule has 4 heteroatoms. The lowest BCUT2D eigenvalue weighted by Gasteiger charge is -2.35. The Morgan fingerprint density at radius 2 is 1.95 bits per heavy atom. The molecule has 1 aliphatic heterocycles. The molecule has 0 aromatic carbocycles. The van der Waals surface area contributed by atoms with Crippen LogP contribution in [-0.2, 0) is 11.2 Å². The third kappa shape index (κ3) is 5.58.